The van der Waals surface area contributed by atoms with Crippen LogP contribution in [-0.2, 0) is 6.42 Å². The molecule has 1 atom stereocenters. The van der Waals surface area contributed by atoms with E-state index in [1.54, 1.807) is 0 Å². The van der Waals surface area contributed by atoms with Crippen LogP contribution < -0.4 is 10.5 Å². The van der Waals surface area contributed by atoms with Gasteiger partial charge in [-0.3, -0.25) is 0 Å². The lowest BCUT2D eigenvalue weighted by Gasteiger charge is -2.04. The van der Waals surface area contributed by atoms with Crippen LogP contribution in [0.4, 0.5) is 0 Å². The number of aromatic nitrogens is 1. The molecule has 13 heavy (non-hydrogen) atoms. The quantitative estimate of drug-likeness (QED) is 0.788. The molecule has 0 spiro atoms. The number of hydrogen-bond donors (Lipinski definition) is 1. The summed E-state index contributed by atoms with van der Waals surface area (Å²) in [4.78, 5) is 4.30. The van der Waals surface area contributed by atoms with E-state index in [0.717, 1.165) is 23.7 Å². The van der Waals surface area contributed by atoms with Gasteiger partial charge in [-0.15, -0.1) is 0 Å². The number of rotatable bonds is 5. The van der Waals surface area contributed by atoms with E-state index in [-0.39, 0.29) is 6.04 Å². The second-order valence-electron chi connectivity index (χ2n) is 2.91. The van der Waals surface area contributed by atoms with Gasteiger partial charge in [-0.1, -0.05) is 18.3 Å². The highest BCUT2D eigenvalue weighted by atomic mass is 32.1. The van der Waals surface area contributed by atoms with Gasteiger partial charge < -0.3 is 10.5 Å². The van der Waals surface area contributed by atoms with Crippen molar-refractivity contribution in [3.8, 4) is 5.19 Å². The van der Waals surface area contributed by atoms with Crippen LogP contribution in [0, 0.1) is 0 Å². The normalized spacial score (nSPS) is 12.8. The SMILES string of the molecule is CCOc1nc(CC(N)CC)cs1. The molecule has 0 amide bonds. The smallest absolute Gasteiger partial charge is 0.273 e. The Morgan fingerprint density at radius 2 is 2.38 bits per heavy atom. The molecule has 1 aromatic heterocycles. The molecule has 0 saturated carbocycles. The third-order valence-corrected chi connectivity index (χ3v) is 2.59. The van der Waals surface area contributed by atoms with E-state index in [4.69, 9.17) is 10.5 Å². The van der Waals surface area contributed by atoms with Gasteiger partial charge in [0.1, 0.15) is 0 Å². The van der Waals surface area contributed by atoms with E-state index in [9.17, 15) is 0 Å². The van der Waals surface area contributed by atoms with E-state index >= 15 is 0 Å². The largest absolute Gasteiger partial charge is 0.470 e. The highest BCUT2D eigenvalue weighted by molar-refractivity contribution is 7.11. The minimum atomic E-state index is 0.219. The first-order valence-electron chi connectivity index (χ1n) is 4.59. The Balaban J connectivity index is 2.48. The van der Waals surface area contributed by atoms with Crippen LogP contribution >= 0.6 is 11.3 Å². The van der Waals surface area contributed by atoms with E-state index in [1.165, 1.54) is 11.3 Å². The molecule has 4 heteroatoms. The molecular weight excluding hydrogens is 184 g/mol. The number of nitrogens with two attached hydrogens (primary N) is 1. The monoisotopic (exact) mass is 200 g/mol. The summed E-state index contributed by atoms with van der Waals surface area (Å²) in [7, 11) is 0. The summed E-state index contributed by atoms with van der Waals surface area (Å²) in [6.45, 7) is 4.71. The van der Waals surface area contributed by atoms with Gasteiger partial charge in [0.05, 0.1) is 12.3 Å². The van der Waals surface area contributed by atoms with Gasteiger partial charge in [0.2, 0.25) is 0 Å². The zero-order valence-electron chi connectivity index (χ0n) is 8.12. The second kappa shape index (κ2) is 5.19. The van der Waals surface area contributed by atoms with E-state index < -0.39 is 0 Å². The average molecular weight is 200 g/mol. The summed E-state index contributed by atoms with van der Waals surface area (Å²) in [6, 6.07) is 0.219. The summed E-state index contributed by atoms with van der Waals surface area (Å²) in [6.07, 6.45) is 1.83. The minimum absolute atomic E-state index is 0.219. The molecule has 0 aliphatic heterocycles. The van der Waals surface area contributed by atoms with Crippen molar-refractivity contribution in [2.45, 2.75) is 32.7 Å². The van der Waals surface area contributed by atoms with Crippen molar-refractivity contribution >= 4 is 11.3 Å². The number of hydrogen-bond acceptors (Lipinski definition) is 4. The average Bonchev–Trinajstić information content (AvgIpc) is 2.53. The van der Waals surface area contributed by atoms with Gasteiger partial charge in [0.25, 0.3) is 5.19 Å². The molecule has 2 N–H and O–H groups in total. The van der Waals surface area contributed by atoms with Crippen molar-refractivity contribution in [3.63, 3.8) is 0 Å². The summed E-state index contributed by atoms with van der Waals surface area (Å²) in [5, 5.41) is 2.77. The minimum Gasteiger partial charge on any atom is -0.470 e. The predicted octanol–water partition coefficient (Wildman–Crippen LogP) is 1.82. The van der Waals surface area contributed by atoms with E-state index in [2.05, 4.69) is 11.9 Å². The lowest BCUT2D eigenvalue weighted by molar-refractivity contribution is 0.337. The maximum atomic E-state index is 5.81. The lowest BCUT2D eigenvalue weighted by Crippen LogP contribution is -2.21. The number of nitrogens with zero attached hydrogens (tertiary/aromatic N) is 1. The van der Waals surface area contributed by atoms with Crippen molar-refractivity contribution < 1.29 is 4.74 Å². The van der Waals surface area contributed by atoms with Crippen LogP contribution in [0.5, 0.6) is 5.19 Å². The molecule has 0 aliphatic carbocycles. The molecular formula is C9H16N2OS. The van der Waals surface area contributed by atoms with Gasteiger partial charge >= 0.3 is 0 Å². The molecule has 1 aromatic rings. The van der Waals surface area contributed by atoms with Crippen LogP contribution in [0.3, 0.4) is 0 Å². The van der Waals surface area contributed by atoms with Gasteiger partial charge in [0, 0.05) is 17.8 Å². The standard InChI is InChI=1S/C9H16N2OS/c1-3-7(10)5-8-6-13-9(11-8)12-4-2/h6-7H,3-5,10H2,1-2H3. The first kappa shape index (κ1) is 10.5. The van der Waals surface area contributed by atoms with Gasteiger partial charge in [-0.05, 0) is 13.3 Å². The molecule has 0 bridgehead atoms. The Bertz CT molecular complexity index is 250. The highest BCUT2D eigenvalue weighted by Gasteiger charge is 2.06. The molecule has 0 saturated heterocycles. The molecule has 74 valence electrons. The molecule has 3 nitrogen and oxygen atoms in total. The predicted molar refractivity (Wildman–Crippen MR) is 55.3 cm³/mol. The first-order valence-corrected chi connectivity index (χ1v) is 5.47. The molecule has 0 fully saturated rings. The van der Waals surface area contributed by atoms with Crippen molar-refractivity contribution in [1.82, 2.24) is 4.98 Å². The van der Waals surface area contributed by atoms with Crippen molar-refractivity contribution in [1.29, 1.82) is 0 Å². The Morgan fingerprint density at radius 1 is 1.62 bits per heavy atom. The molecule has 0 aliphatic rings. The lowest BCUT2D eigenvalue weighted by atomic mass is 10.1. The Hall–Kier alpha value is -0.610. The van der Waals surface area contributed by atoms with Crippen LogP contribution in [0.25, 0.3) is 0 Å². The van der Waals surface area contributed by atoms with Crippen molar-refractivity contribution in [3.05, 3.63) is 11.1 Å². The third kappa shape index (κ3) is 3.32. The van der Waals surface area contributed by atoms with Gasteiger partial charge in [0.15, 0.2) is 0 Å². The van der Waals surface area contributed by atoms with Crippen LogP contribution in [0.15, 0.2) is 5.38 Å². The van der Waals surface area contributed by atoms with Crippen molar-refractivity contribution in [2.24, 2.45) is 5.73 Å². The summed E-state index contributed by atoms with van der Waals surface area (Å²) in [5.41, 5.74) is 6.86. The molecule has 0 aromatic carbocycles. The fourth-order valence-corrected chi connectivity index (χ4v) is 1.73. The molecule has 1 unspecified atom stereocenters. The fourth-order valence-electron chi connectivity index (χ4n) is 0.985. The maximum Gasteiger partial charge on any atom is 0.273 e. The zero-order valence-corrected chi connectivity index (χ0v) is 8.93. The first-order chi connectivity index (χ1) is 6.26. The summed E-state index contributed by atoms with van der Waals surface area (Å²) in [5.74, 6) is 0. The molecule has 1 rings (SSSR count). The molecule has 1 heterocycles. The van der Waals surface area contributed by atoms with Gasteiger partial charge in [-0.2, -0.15) is 0 Å². The van der Waals surface area contributed by atoms with Crippen LogP contribution in [0.2, 0.25) is 0 Å². The van der Waals surface area contributed by atoms with Crippen molar-refractivity contribution in [2.75, 3.05) is 6.61 Å². The molecule has 0 radical (unpaired) electrons. The Kier molecular flexibility index (Phi) is 4.18. The van der Waals surface area contributed by atoms with Crippen LogP contribution in [-0.4, -0.2) is 17.6 Å². The van der Waals surface area contributed by atoms with E-state index in [0.29, 0.717) is 6.61 Å². The Morgan fingerprint density at radius 3 is 3.00 bits per heavy atom. The van der Waals surface area contributed by atoms with Crippen LogP contribution in [0.1, 0.15) is 26.0 Å². The van der Waals surface area contributed by atoms with Gasteiger partial charge in [-0.25, -0.2) is 4.98 Å². The summed E-state index contributed by atoms with van der Waals surface area (Å²) < 4.78 is 5.27. The summed E-state index contributed by atoms with van der Waals surface area (Å²) >= 11 is 1.54. The third-order valence-electron chi connectivity index (χ3n) is 1.79. The van der Waals surface area contributed by atoms with E-state index in [1.807, 2.05) is 12.3 Å². The highest BCUT2D eigenvalue weighted by Crippen LogP contribution is 2.18. The fraction of sp³-hybridized carbons (Fsp3) is 0.667. The number of thiazole rings is 1. The zero-order chi connectivity index (χ0) is 9.68. The second-order valence-corrected chi connectivity index (χ2v) is 3.73. The topological polar surface area (TPSA) is 48.1 Å². The maximum absolute atomic E-state index is 5.81. The number of ether oxygens (including phenoxy) is 1. The Labute approximate surface area is 82.9 Å².